The highest BCUT2D eigenvalue weighted by molar-refractivity contribution is 9.10. The molecule has 0 aliphatic heterocycles. The predicted molar refractivity (Wildman–Crippen MR) is 68.5 cm³/mol. The molecule has 0 unspecified atom stereocenters. The molecule has 3 nitrogen and oxygen atoms in total. The van der Waals surface area contributed by atoms with Gasteiger partial charge in [-0.25, -0.2) is 9.97 Å². The molecule has 0 saturated carbocycles. The van der Waals surface area contributed by atoms with E-state index in [1.807, 2.05) is 24.3 Å². The molecular formula is C11H9BrClN3. The summed E-state index contributed by atoms with van der Waals surface area (Å²) in [5.74, 6) is 0.609. The lowest BCUT2D eigenvalue weighted by molar-refractivity contribution is 1.05. The zero-order valence-corrected chi connectivity index (χ0v) is 10.7. The molecule has 1 aromatic heterocycles. The van der Waals surface area contributed by atoms with Crippen LogP contribution in [0.1, 0.15) is 5.56 Å². The van der Waals surface area contributed by atoms with Crippen LogP contribution in [0.3, 0.4) is 0 Å². The van der Waals surface area contributed by atoms with Crippen molar-refractivity contribution in [3.8, 4) is 0 Å². The average Bonchev–Trinajstić information content (AvgIpc) is 2.30. The lowest BCUT2D eigenvalue weighted by atomic mass is 10.2. The molecule has 0 spiro atoms. The molecule has 0 bridgehead atoms. The molecule has 1 aromatic carbocycles. The van der Waals surface area contributed by atoms with Crippen LogP contribution in [0.25, 0.3) is 0 Å². The van der Waals surface area contributed by atoms with Crippen LogP contribution in [0.5, 0.6) is 0 Å². The second-order valence-corrected chi connectivity index (χ2v) is 4.56. The molecule has 82 valence electrons. The van der Waals surface area contributed by atoms with Gasteiger partial charge < -0.3 is 5.32 Å². The van der Waals surface area contributed by atoms with Crippen LogP contribution in [0.2, 0.25) is 5.02 Å². The van der Waals surface area contributed by atoms with Crippen molar-refractivity contribution in [3.63, 3.8) is 0 Å². The smallest absolute Gasteiger partial charge is 0.222 e. The normalized spacial score (nSPS) is 10.1. The minimum absolute atomic E-state index is 0.609. The molecule has 2 aromatic rings. The third kappa shape index (κ3) is 3.18. The largest absolute Gasteiger partial charge is 0.350 e. The summed E-state index contributed by atoms with van der Waals surface area (Å²) in [4.78, 5) is 8.23. The molecule has 1 N–H and O–H groups in total. The van der Waals surface area contributed by atoms with Gasteiger partial charge in [0, 0.05) is 24.0 Å². The third-order valence-electron chi connectivity index (χ3n) is 1.98. The molecule has 0 fully saturated rings. The van der Waals surface area contributed by atoms with E-state index >= 15 is 0 Å². The second-order valence-electron chi connectivity index (χ2n) is 3.20. The van der Waals surface area contributed by atoms with Crippen molar-refractivity contribution in [1.29, 1.82) is 0 Å². The topological polar surface area (TPSA) is 37.8 Å². The van der Waals surface area contributed by atoms with Gasteiger partial charge in [-0.2, -0.15) is 0 Å². The zero-order chi connectivity index (χ0) is 11.4. The molecule has 0 saturated heterocycles. The number of benzene rings is 1. The summed E-state index contributed by atoms with van der Waals surface area (Å²) in [7, 11) is 0. The van der Waals surface area contributed by atoms with Crippen LogP contribution < -0.4 is 5.32 Å². The first-order valence-electron chi connectivity index (χ1n) is 4.70. The van der Waals surface area contributed by atoms with Crippen molar-refractivity contribution in [1.82, 2.24) is 9.97 Å². The summed E-state index contributed by atoms with van der Waals surface area (Å²) < 4.78 is 0.865. The summed E-state index contributed by atoms with van der Waals surface area (Å²) >= 11 is 9.08. The van der Waals surface area contributed by atoms with E-state index in [2.05, 4.69) is 31.2 Å². The minimum Gasteiger partial charge on any atom is -0.350 e. The Morgan fingerprint density at radius 1 is 1.12 bits per heavy atom. The second kappa shape index (κ2) is 5.27. The van der Waals surface area contributed by atoms with Gasteiger partial charge in [0.1, 0.15) is 0 Å². The predicted octanol–water partition coefficient (Wildman–Crippen LogP) is 3.50. The Balaban J connectivity index is 1.97. The maximum absolute atomic E-state index is 5.80. The molecule has 0 atom stereocenters. The standard InChI is InChI=1S/C11H9BrClN3/c12-9-6-15-11(16-7-9)14-5-8-1-3-10(13)4-2-8/h1-4,6-7H,5H2,(H,14,15,16). The van der Waals surface area contributed by atoms with Crippen molar-refractivity contribution < 1.29 is 0 Å². The number of rotatable bonds is 3. The molecule has 0 radical (unpaired) electrons. The minimum atomic E-state index is 0.609. The molecule has 0 aliphatic carbocycles. The Kier molecular flexibility index (Phi) is 3.74. The maximum Gasteiger partial charge on any atom is 0.222 e. The van der Waals surface area contributed by atoms with Crippen LogP contribution in [0.4, 0.5) is 5.95 Å². The van der Waals surface area contributed by atoms with E-state index in [1.165, 1.54) is 0 Å². The van der Waals surface area contributed by atoms with Gasteiger partial charge in [0.25, 0.3) is 0 Å². The Morgan fingerprint density at radius 3 is 2.38 bits per heavy atom. The van der Waals surface area contributed by atoms with Crippen LogP contribution in [-0.4, -0.2) is 9.97 Å². The van der Waals surface area contributed by atoms with Crippen LogP contribution in [-0.2, 0) is 6.54 Å². The van der Waals surface area contributed by atoms with Crippen molar-refractivity contribution >= 4 is 33.5 Å². The van der Waals surface area contributed by atoms with Crippen molar-refractivity contribution in [2.45, 2.75) is 6.54 Å². The SMILES string of the molecule is Clc1ccc(CNc2ncc(Br)cn2)cc1. The molecule has 0 aliphatic rings. The fourth-order valence-corrected chi connectivity index (χ4v) is 1.52. The lowest BCUT2D eigenvalue weighted by Gasteiger charge is -2.04. The number of hydrogen-bond acceptors (Lipinski definition) is 3. The first kappa shape index (κ1) is 11.4. The number of hydrogen-bond donors (Lipinski definition) is 1. The molecule has 2 rings (SSSR count). The van der Waals surface area contributed by atoms with E-state index < -0.39 is 0 Å². The quantitative estimate of drug-likeness (QED) is 0.942. The number of aromatic nitrogens is 2. The maximum atomic E-state index is 5.80. The summed E-state index contributed by atoms with van der Waals surface area (Å²) in [6, 6.07) is 7.66. The third-order valence-corrected chi connectivity index (χ3v) is 2.65. The highest BCUT2D eigenvalue weighted by Crippen LogP contribution is 2.11. The Bertz CT molecular complexity index is 410. The number of anilines is 1. The first-order valence-corrected chi connectivity index (χ1v) is 5.87. The van der Waals surface area contributed by atoms with Gasteiger partial charge in [0.15, 0.2) is 0 Å². The molecule has 16 heavy (non-hydrogen) atoms. The first-order chi connectivity index (χ1) is 7.74. The molecular weight excluding hydrogens is 289 g/mol. The highest BCUT2D eigenvalue weighted by atomic mass is 79.9. The van der Waals surface area contributed by atoms with E-state index in [0.717, 1.165) is 15.1 Å². The van der Waals surface area contributed by atoms with Gasteiger partial charge in [0.05, 0.1) is 4.47 Å². The van der Waals surface area contributed by atoms with E-state index in [1.54, 1.807) is 12.4 Å². The fraction of sp³-hybridized carbons (Fsp3) is 0.0909. The van der Waals surface area contributed by atoms with E-state index in [-0.39, 0.29) is 0 Å². The van der Waals surface area contributed by atoms with Crippen molar-refractivity contribution in [2.75, 3.05) is 5.32 Å². The van der Waals surface area contributed by atoms with Gasteiger partial charge in [0.2, 0.25) is 5.95 Å². The molecule has 1 heterocycles. The zero-order valence-electron chi connectivity index (χ0n) is 8.32. The van der Waals surface area contributed by atoms with E-state index in [4.69, 9.17) is 11.6 Å². The summed E-state index contributed by atoms with van der Waals surface area (Å²) in [6.07, 6.45) is 3.41. The Labute approximate surface area is 107 Å². The lowest BCUT2D eigenvalue weighted by Crippen LogP contribution is -2.02. The van der Waals surface area contributed by atoms with Crippen molar-refractivity contribution in [3.05, 3.63) is 51.7 Å². The number of nitrogens with zero attached hydrogens (tertiary/aromatic N) is 2. The van der Waals surface area contributed by atoms with Crippen LogP contribution >= 0.6 is 27.5 Å². The van der Waals surface area contributed by atoms with E-state index in [9.17, 15) is 0 Å². The van der Waals surface area contributed by atoms with Crippen molar-refractivity contribution in [2.24, 2.45) is 0 Å². The van der Waals surface area contributed by atoms with Gasteiger partial charge in [-0.15, -0.1) is 0 Å². The summed E-state index contributed by atoms with van der Waals surface area (Å²) in [5.41, 5.74) is 1.14. The summed E-state index contributed by atoms with van der Waals surface area (Å²) in [5, 5.41) is 3.86. The van der Waals surface area contributed by atoms with E-state index in [0.29, 0.717) is 12.5 Å². The van der Waals surface area contributed by atoms with Gasteiger partial charge >= 0.3 is 0 Å². The highest BCUT2D eigenvalue weighted by Gasteiger charge is 1.96. The molecule has 5 heteroatoms. The molecule has 0 amide bonds. The fourth-order valence-electron chi connectivity index (χ4n) is 1.19. The number of halogens is 2. The van der Waals surface area contributed by atoms with Gasteiger partial charge in [-0.1, -0.05) is 23.7 Å². The Hall–Kier alpha value is -1.13. The average molecular weight is 299 g/mol. The van der Waals surface area contributed by atoms with Gasteiger partial charge in [-0.05, 0) is 33.6 Å². The Morgan fingerprint density at radius 2 is 1.75 bits per heavy atom. The van der Waals surface area contributed by atoms with Crippen LogP contribution in [0, 0.1) is 0 Å². The summed E-state index contributed by atoms with van der Waals surface area (Å²) in [6.45, 7) is 0.679. The van der Waals surface area contributed by atoms with Gasteiger partial charge in [-0.3, -0.25) is 0 Å². The van der Waals surface area contributed by atoms with Crippen LogP contribution in [0.15, 0.2) is 41.1 Å². The number of nitrogens with one attached hydrogen (secondary N) is 1. The monoisotopic (exact) mass is 297 g/mol.